The van der Waals surface area contributed by atoms with Crippen molar-refractivity contribution in [3.63, 3.8) is 0 Å². The molecule has 0 atom stereocenters. The molecule has 0 N–H and O–H groups in total. The van der Waals surface area contributed by atoms with Crippen molar-refractivity contribution in [2.45, 2.75) is 64.6 Å². The molecule has 2 aliphatic rings. The van der Waals surface area contributed by atoms with Crippen LogP contribution in [0, 0.1) is 25.2 Å². The minimum Gasteiger partial charge on any atom is -0.364 e. The molecule has 0 unspecified atom stereocenters. The van der Waals surface area contributed by atoms with Crippen molar-refractivity contribution in [2.24, 2.45) is 0 Å². The maximum absolute atomic E-state index is 13.3. The average molecular weight is 523 g/mol. The molecule has 2 fully saturated rings. The third kappa shape index (κ3) is 5.81. The first kappa shape index (κ1) is 26.8. The highest BCUT2D eigenvalue weighted by molar-refractivity contribution is 5.96. The normalized spacial score (nSPS) is 17.9. The number of piperidine rings is 2. The minimum atomic E-state index is 0.0579. The van der Waals surface area contributed by atoms with E-state index in [1.54, 1.807) is 0 Å². The number of likely N-dealkylation sites (tertiary alicyclic amines) is 2. The van der Waals surface area contributed by atoms with Gasteiger partial charge in [0.25, 0.3) is 5.91 Å². The molecular weight excluding hydrogens is 484 g/mol. The molecule has 2 aliphatic heterocycles. The predicted octanol–water partition coefficient (Wildman–Crippen LogP) is 5.13. The summed E-state index contributed by atoms with van der Waals surface area (Å²) in [7, 11) is 0. The summed E-state index contributed by atoms with van der Waals surface area (Å²) in [6.07, 6.45) is 5.60. The zero-order valence-electron chi connectivity index (χ0n) is 23.3. The molecule has 3 aromatic rings. The Kier molecular flexibility index (Phi) is 7.94. The smallest absolute Gasteiger partial charge is 0.257 e. The Morgan fingerprint density at radius 2 is 1.67 bits per heavy atom. The topological polar surface area (TPSA) is 76.4 Å². The van der Waals surface area contributed by atoms with Crippen LogP contribution in [0.2, 0.25) is 0 Å². The van der Waals surface area contributed by atoms with Crippen LogP contribution < -0.4 is 4.90 Å². The molecule has 7 nitrogen and oxygen atoms in total. The van der Waals surface area contributed by atoms with Gasteiger partial charge < -0.3 is 9.80 Å². The van der Waals surface area contributed by atoms with E-state index < -0.39 is 0 Å². The lowest BCUT2D eigenvalue weighted by molar-refractivity contribution is 0.0170. The lowest BCUT2D eigenvalue weighted by Gasteiger charge is -2.50. The van der Waals surface area contributed by atoms with E-state index in [9.17, 15) is 10.1 Å². The number of hydrogen-bond donors (Lipinski definition) is 0. The fraction of sp³-hybridized carbons (Fsp3) is 0.438. The van der Waals surface area contributed by atoms with Crippen molar-refractivity contribution < 1.29 is 4.79 Å². The predicted molar refractivity (Wildman–Crippen MR) is 153 cm³/mol. The minimum absolute atomic E-state index is 0.0579. The van der Waals surface area contributed by atoms with Gasteiger partial charge in [0.1, 0.15) is 6.33 Å². The van der Waals surface area contributed by atoms with Gasteiger partial charge in [-0.25, -0.2) is 9.97 Å². The molecule has 202 valence electrons. The van der Waals surface area contributed by atoms with E-state index in [2.05, 4.69) is 69.2 Å². The van der Waals surface area contributed by atoms with Crippen molar-refractivity contribution in [1.29, 1.82) is 5.26 Å². The van der Waals surface area contributed by atoms with E-state index in [0.29, 0.717) is 17.2 Å². The molecule has 3 heterocycles. The first-order chi connectivity index (χ1) is 18.9. The van der Waals surface area contributed by atoms with Gasteiger partial charge in [-0.1, -0.05) is 36.4 Å². The lowest BCUT2D eigenvalue weighted by Crippen LogP contribution is -2.58. The van der Waals surface area contributed by atoms with Crippen LogP contribution in [0.4, 0.5) is 5.69 Å². The molecular formula is C32H38N6O. The molecule has 0 spiro atoms. The molecule has 39 heavy (non-hydrogen) atoms. The number of nitriles is 1. The largest absolute Gasteiger partial charge is 0.364 e. The molecule has 0 saturated carbocycles. The molecule has 7 heteroatoms. The summed E-state index contributed by atoms with van der Waals surface area (Å²) in [4.78, 5) is 28.9. The average Bonchev–Trinajstić information content (AvgIpc) is 2.97. The number of nitrogens with zero attached hydrogens (tertiary/aromatic N) is 6. The Bertz CT molecular complexity index is 1310. The number of hydrogen-bond acceptors (Lipinski definition) is 6. The van der Waals surface area contributed by atoms with E-state index in [-0.39, 0.29) is 11.4 Å². The van der Waals surface area contributed by atoms with Gasteiger partial charge in [-0.2, -0.15) is 5.26 Å². The van der Waals surface area contributed by atoms with Crippen LogP contribution in [0.5, 0.6) is 0 Å². The summed E-state index contributed by atoms with van der Waals surface area (Å²) in [5.41, 5.74) is 5.34. The number of amides is 1. The number of carbonyl (C=O) groups is 1. The zero-order valence-corrected chi connectivity index (χ0v) is 23.3. The standard InChI is InChI=1S/C32H38N6O/c1-24-30(25(2)35-23-34-24)31(39)36-18-14-32(3,15-19-36)37-16-12-28(13-17-37)38(22-26-8-5-4-6-9-26)29-11-7-10-27(20-29)21-33/h4-11,20,23,28H,12-19,22H2,1-3H3. The Morgan fingerprint density at radius 3 is 2.31 bits per heavy atom. The molecule has 0 aliphatic carbocycles. The van der Waals surface area contributed by atoms with Crippen molar-refractivity contribution in [3.05, 3.63) is 89.0 Å². The highest BCUT2D eigenvalue weighted by Crippen LogP contribution is 2.34. The van der Waals surface area contributed by atoms with Crippen molar-refractivity contribution in [2.75, 3.05) is 31.1 Å². The summed E-state index contributed by atoms with van der Waals surface area (Å²) in [6, 6.07) is 21.3. The Labute approximate surface area is 232 Å². The molecule has 2 aromatic carbocycles. The summed E-state index contributed by atoms with van der Waals surface area (Å²) in [5, 5.41) is 9.49. The summed E-state index contributed by atoms with van der Waals surface area (Å²) >= 11 is 0. The summed E-state index contributed by atoms with van der Waals surface area (Å²) in [5.74, 6) is 0.0579. The molecule has 1 aromatic heterocycles. The van der Waals surface area contributed by atoms with E-state index in [0.717, 1.165) is 75.5 Å². The summed E-state index contributed by atoms with van der Waals surface area (Å²) < 4.78 is 0. The number of carbonyl (C=O) groups excluding carboxylic acids is 1. The monoisotopic (exact) mass is 522 g/mol. The third-order valence-electron chi connectivity index (χ3n) is 8.74. The number of aromatic nitrogens is 2. The van der Waals surface area contributed by atoms with E-state index >= 15 is 0 Å². The van der Waals surface area contributed by atoms with Gasteiger partial charge >= 0.3 is 0 Å². The Morgan fingerprint density at radius 1 is 1.00 bits per heavy atom. The van der Waals surface area contributed by atoms with Crippen molar-refractivity contribution >= 4 is 11.6 Å². The fourth-order valence-corrected chi connectivity index (χ4v) is 6.25. The van der Waals surface area contributed by atoms with Gasteiger partial charge in [0.05, 0.1) is 28.6 Å². The molecule has 2 saturated heterocycles. The second-order valence-corrected chi connectivity index (χ2v) is 11.2. The van der Waals surface area contributed by atoms with E-state index in [1.807, 2.05) is 36.9 Å². The third-order valence-corrected chi connectivity index (χ3v) is 8.74. The van der Waals surface area contributed by atoms with Gasteiger partial charge in [-0.05, 0) is 70.2 Å². The van der Waals surface area contributed by atoms with Crippen LogP contribution >= 0.6 is 0 Å². The fourth-order valence-electron chi connectivity index (χ4n) is 6.25. The maximum atomic E-state index is 13.3. The van der Waals surface area contributed by atoms with Gasteiger partial charge in [-0.3, -0.25) is 9.69 Å². The Balaban J connectivity index is 1.24. The highest BCUT2D eigenvalue weighted by atomic mass is 16.2. The quantitative estimate of drug-likeness (QED) is 0.447. The van der Waals surface area contributed by atoms with Crippen LogP contribution in [0.1, 0.15) is 65.5 Å². The number of benzene rings is 2. The first-order valence-electron chi connectivity index (χ1n) is 14.0. The van der Waals surface area contributed by atoms with Crippen LogP contribution in [0.15, 0.2) is 60.9 Å². The number of aryl methyl sites for hydroxylation is 2. The molecule has 0 radical (unpaired) electrons. The van der Waals surface area contributed by atoms with Crippen molar-refractivity contribution in [1.82, 2.24) is 19.8 Å². The second kappa shape index (κ2) is 11.5. The molecule has 0 bridgehead atoms. The van der Waals surface area contributed by atoms with E-state index in [1.165, 1.54) is 11.9 Å². The van der Waals surface area contributed by atoms with Gasteiger partial charge in [0, 0.05) is 50.0 Å². The lowest BCUT2D eigenvalue weighted by atomic mass is 9.85. The van der Waals surface area contributed by atoms with Crippen LogP contribution in [0.25, 0.3) is 0 Å². The van der Waals surface area contributed by atoms with Gasteiger partial charge in [-0.15, -0.1) is 0 Å². The van der Waals surface area contributed by atoms with Crippen molar-refractivity contribution in [3.8, 4) is 6.07 Å². The van der Waals surface area contributed by atoms with Gasteiger partial charge in [0.15, 0.2) is 0 Å². The molecule has 5 rings (SSSR count). The SMILES string of the molecule is Cc1ncnc(C)c1C(=O)N1CCC(C)(N2CCC(N(Cc3ccccc3)c3cccc(C#N)c3)CC2)CC1. The van der Waals surface area contributed by atoms with Crippen LogP contribution in [0.3, 0.4) is 0 Å². The first-order valence-corrected chi connectivity index (χ1v) is 14.0. The molecule has 1 amide bonds. The van der Waals surface area contributed by atoms with Crippen LogP contribution in [-0.4, -0.2) is 63.4 Å². The zero-order chi connectivity index (χ0) is 27.4. The number of rotatable bonds is 6. The second-order valence-electron chi connectivity index (χ2n) is 11.2. The highest BCUT2D eigenvalue weighted by Gasteiger charge is 2.39. The maximum Gasteiger partial charge on any atom is 0.257 e. The summed E-state index contributed by atoms with van der Waals surface area (Å²) in [6.45, 7) is 10.5. The van der Waals surface area contributed by atoms with E-state index in [4.69, 9.17) is 0 Å². The van der Waals surface area contributed by atoms with Gasteiger partial charge in [0.2, 0.25) is 0 Å². The van der Waals surface area contributed by atoms with Crippen LogP contribution in [-0.2, 0) is 6.54 Å². The Hall–Kier alpha value is -3.76. The number of anilines is 1.